The van der Waals surface area contributed by atoms with Gasteiger partial charge in [0.05, 0.1) is 0 Å². The molecule has 1 atom stereocenters. The monoisotopic (exact) mass is 310 g/mol. The van der Waals surface area contributed by atoms with Crippen LogP contribution in [-0.4, -0.2) is 36.2 Å². The van der Waals surface area contributed by atoms with Gasteiger partial charge in [0, 0.05) is 31.2 Å². The number of likely N-dealkylation sites (N-methyl/N-ethyl adjacent to an activating group) is 1. The number of ether oxygens (including phenoxy) is 1. The third-order valence-electron chi connectivity index (χ3n) is 3.24. The van der Waals surface area contributed by atoms with Crippen LogP contribution in [0.1, 0.15) is 46.2 Å². The second-order valence-electron chi connectivity index (χ2n) is 6.26. The Morgan fingerprint density at radius 2 is 2.00 bits per heavy atom. The van der Waals surface area contributed by atoms with Gasteiger partial charge in [-0.25, -0.2) is 9.18 Å². The van der Waals surface area contributed by atoms with Crippen molar-refractivity contribution in [3.05, 3.63) is 35.6 Å². The number of amides is 1. The van der Waals surface area contributed by atoms with Crippen LogP contribution in [0.3, 0.4) is 0 Å². The minimum Gasteiger partial charge on any atom is -0.444 e. The van der Waals surface area contributed by atoms with Crippen molar-refractivity contribution >= 4 is 6.09 Å². The molecule has 0 heterocycles. The first-order chi connectivity index (χ1) is 10.2. The van der Waals surface area contributed by atoms with Gasteiger partial charge < -0.3 is 15.0 Å². The largest absolute Gasteiger partial charge is 0.444 e. The van der Waals surface area contributed by atoms with Gasteiger partial charge in [-0.3, -0.25) is 0 Å². The molecule has 0 bridgehead atoms. The van der Waals surface area contributed by atoms with Gasteiger partial charge in [0.2, 0.25) is 0 Å². The molecule has 1 unspecified atom stereocenters. The van der Waals surface area contributed by atoms with Crippen molar-refractivity contribution in [3.63, 3.8) is 0 Å². The number of benzene rings is 1. The van der Waals surface area contributed by atoms with Crippen LogP contribution >= 0.6 is 0 Å². The lowest BCUT2D eigenvalue weighted by Crippen LogP contribution is -2.40. The number of nitrogens with one attached hydrogen (secondary N) is 1. The van der Waals surface area contributed by atoms with Crippen LogP contribution < -0.4 is 5.32 Å². The number of halogens is 1. The highest BCUT2D eigenvalue weighted by molar-refractivity contribution is 5.68. The summed E-state index contributed by atoms with van der Waals surface area (Å²) in [7, 11) is 0. The summed E-state index contributed by atoms with van der Waals surface area (Å²) in [5, 5.41) is 3.23. The highest BCUT2D eigenvalue weighted by Gasteiger charge is 2.21. The Morgan fingerprint density at radius 1 is 1.36 bits per heavy atom. The predicted molar refractivity (Wildman–Crippen MR) is 86.3 cm³/mol. The third kappa shape index (κ3) is 6.02. The standard InChI is InChI=1S/C17H27FN2O2/c1-6-20(16(21)22-17(3,4)5)12-11-19-13(2)14-9-7-8-10-15(14)18/h7-10,13,19H,6,11-12H2,1-5H3. The molecule has 1 aromatic rings. The molecule has 0 aromatic heterocycles. The molecule has 0 spiro atoms. The maximum Gasteiger partial charge on any atom is 0.410 e. The summed E-state index contributed by atoms with van der Waals surface area (Å²) < 4.78 is 19.0. The van der Waals surface area contributed by atoms with E-state index in [9.17, 15) is 9.18 Å². The fraction of sp³-hybridized carbons (Fsp3) is 0.588. The van der Waals surface area contributed by atoms with Crippen LogP contribution in [0, 0.1) is 5.82 Å². The van der Waals surface area contributed by atoms with Crippen LogP contribution in [0.25, 0.3) is 0 Å². The zero-order valence-electron chi connectivity index (χ0n) is 14.1. The summed E-state index contributed by atoms with van der Waals surface area (Å²) >= 11 is 0. The lowest BCUT2D eigenvalue weighted by molar-refractivity contribution is 0.0261. The molecule has 4 nitrogen and oxygen atoms in total. The van der Waals surface area contributed by atoms with Gasteiger partial charge in [-0.2, -0.15) is 0 Å². The second-order valence-corrected chi connectivity index (χ2v) is 6.26. The van der Waals surface area contributed by atoms with E-state index in [2.05, 4.69) is 5.32 Å². The minimum atomic E-state index is -0.502. The Morgan fingerprint density at radius 3 is 2.55 bits per heavy atom. The van der Waals surface area contributed by atoms with E-state index >= 15 is 0 Å². The SMILES string of the molecule is CCN(CCNC(C)c1ccccc1F)C(=O)OC(C)(C)C. The molecule has 0 aliphatic carbocycles. The average Bonchev–Trinajstić information content (AvgIpc) is 2.41. The van der Waals surface area contributed by atoms with Gasteiger partial charge in [0.15, 0.2) is 0 Å². The van der Waals surface area contributed by atoms with E-state index in [1.807, 2.05) is 40.7 Å². The predicted octanol–water partition coefficient (Wildman–Crippen LogP) is 3.73. The molecule has 0 aliphatic heterocycles. The lowest BCUT2D eigenvalue weighted by atomic mass is 10.1. The van der Waals surface area contributed by atoms with E-state index in [1.54, 1.807) is 17.0 Å². The molecule has 0 saturated carbocycles. The molecule has 1 N–H and O–H groups in total. The van der Waals surface area contributed by atoms with Crippen LogP contribution in [0.2, 0.25) is 0 Å². The average molecular weight is 310 g/mol. The van der Waals surface area contributed by atoms with Crippen LogP contribution in [0.15, 0.2) is 24.3 Å². The van der Waals surface area contributed by atoms with E-state index in [-0.39, 0.29) is 18.0 Å². The normalized spacial score (nSPS) is 12.8. The fourth-order valence-corrected chi connectivity index (χ4v) is 2.06. The van der Waals surface area contributed by atoms with Crippen molar-refractivity contribution in [2.24, 2.45) is 0 Å². The Hall–Kier alpha value is -1.62. The molecular weight excluding hydrogens is 283 g/mol. The zero-order valence-corrected chi connectivity index (χ0v) is 14.1. The summed E-state index contributed by atoms with van der Waals surface area (Å²) in [6.45, 7) is 11.0. The third-order valence-corrected chi connectivity index (χ3v) is 3.24. The summed E-state index contributed by atoms with van der Waals surface area (Å²) in [4.78, 5) is 13.6. The van der Waals surface area contributed by atoms with Gasteiger partial charge in [-0.1, -0.05) is 18.2 Å². The molecule has 22 heavy (non-hydrogen) atoms. The Balaban J connectivity index is 2.47. The maximum absolute atomic E-state index is 13.7. The van der Waals surface area contributed by atoms with E-state index in [1.165, 1.54) is 6.07 Å². The molecule has 0 fully saturated rings. The second kappa shape index (κ2) is 8.13. The molecule has 0 radical (unpaired) electrons. The fourth-order valence-electron chi connectivity index (χ4n) is 2.06. The van der Waals surface area contributed by atoms with Gasteiger partial charge in [0.25, 0.3) is 0 Å². The first kappa shape index (κ1) is 18.4. The van der Waals surface area contributed by atoms with Gasteiger partial charge in [-0.15, -0.1) is 0 Å². The van der Waals surface area contributed by atoms with Gasteiger partial charge in [-0.05, 0) is 40.7 Å². The molecule has 124 valence electrons. The number of rotatable bonds is 6. The number of carbonyl (C=O) groups is 1. The quantitative estimate of drug-likeness (QED) is 0.870. The summed E-state index contributed by atoms with van der Waals surface area (Å²) in [6, 6.07) is 6.59. The number of nitrogens with zero attached hydrogens (tertiary/aromatic N) is 1. The first-order valence-electron chi connectivity index (χ1n) is 7.70. The van der Waals surface area contributed by atoms with Crippen LogP contribution in [0.5, 0.6) is 0 Å². The summed E-state index contributed by atoms with van der Waals surface area (Å²) in [6.07, 6.45) is -0.324. The van der Waals surface area contributed by atoms with Crippen molar-refractivity contribution in [3.8, 4) is 0 Å². The zero-order chi connectivity index (χ0) is 16.8. The van der Waals surface area contributed by atoms with Crippen molar-refractivity contribution in [2.45, 2.75) is 46.3 Å². The first-order valence-corrected chi connectivity index (χ1v) is 7.70. The lowest BCUT2D eigenvalue weighted by Gasteiger charge is -2.27. The smallest absolute Gasteiger partial charge is 0.410 e. The van der Waals surface area contributed by atoms with Crippen molar-refractivity contribution in [2.75, 3.05) is 19.6 Å². The van der Waals surface area contributed by atoms with Gasteiger partial charge >= 0.3 is 6.09 Å². The molecule has 0 aliphatic rings. The molecule has 5 heteroatoms. The Kier molecular flexibility index (Phi) is 6.81. The minimum absolute atomic E-state index is 0.112. The Labute approximate surface area is 132 Å². The number of hydrogen-bond donors (Lipinski definition) is 1. The molecular formula is C17H27FN2O2. The Bertz CT molecular complexity index is 486. The highest BCUT2D eigenvalue weighted by Crippen LogP contribution is 2.15. The van der Waals surface area contributed by atoms with Crippen molar-refractivity contribution < 1.29 is 13.9 Å². The molecule has 1 amide bonds. The maximum atomic E-state index is 13.7. The molecule has 1 rings (SSSR count). The molecule has 1 aromatic carbocycles. The highest BCUT2D eigenvalue weighted by atomic mass is 19.1. The molecule has 0 saturated heterocycles. The van der Waals surface area contributed by atoms with E-state index in [0.29, 0.717) is 25.2 Å². The number of hydrogen-bond acceptors (Lipinski definition) is 3. The summed E-state index contributed by atoms with van der Waals surface area (Å²) in [5.41, 5.74) is 0.126. The summed E-state index contributed by atoms with van der Waals surface area (Å²) in [5.74, 6) is -0.220. The van der Waals surface area contributed by atoms with E-state index in [4.69, 9.17) is 4.74 Å². The van der Waals surface area contributed by atoms with Crippen molar-refractivity contribution in [1.82, 2.24) is 10.2 Å². The van der Waals surface area contributed by atoms with Crippen LogP contribution in [0.4, 0.5) is 9.18 Å². The van der Waals surface area contributed by atoms with Crippen LogP contribution in [-0.2, 0) is 4.74 Å². The van der Waals surface area contributed by atoms with E-state index < -0.39 is 5.60 Å². The topological polar surface area (TPSA) is 41.6 Å². The van der Waals surface area contributed by atoms with Crippen molar-refractivity contribution in [1.29, 1.82) is 0 Å². The number of carbonyl (C=O) groups excluding carboxylic acids is 1. The van der Waals surface area contributed by atoms with E-state index in [0.717, 1.165) is 0 Å². The van der Waals surface area contributed by atoms with Gasteiger partial charge in [0.1, 0.15) is 11.4 Å².